The molecule has 0 saturated heterocycles. The summed E-state index contributed by atoms with van der Waals surface area (Å²) in [6.07, 6.45) is 0. The van der Waals surface area contributed by atoms with Gasteiger partial charge in [-0.1, -0.05) is 15.9 Å². The second-order valence-electron chi connectivity index (χ2n) is 4.45. The van der Waals surface area contributed by atoms with Gasteiger partial charge < -0.3 is 10.2 Å². The van der Waals surface area contributed by atoms with Gasteiger partial charge in [0.2, 0.25) is 0 Å². The Morgan fingerprint density at radius 1 is 1.35 bits per heavy atom. The van der Waals surface area contributed by atoms with Crippen LogP contribution in [0.1, 0.15) is 21.5 Å². The van der Waals surface area contributed by atoms with Crippen molar-refractivity contribution in [1.82, 2.24) is 10.2 Å². The molecule has 0 aromatic heterocycles. The minimum absolute atomic E-state index is 0.00579. The summed E-state index contributed by atoms with van der Waals surface area (Å²) in [4.78, 5) is 14.0. The number of carbonyl (C=O) groups excluding carboxylic acids is 1. The van der Waals surface area contributed by atoms with Crippen molar-refractivity contribution in [3.8, 4) is 0 Å². The number of nitrogens with zero attached hydrogens (tertiary/aromatic N) is 1. The van der Waals surface area contributed by atoms with Crippen LogP contribution < -0.4 is 5.32 Å². The number of likely N-dealkylation sites (N-methyl/N-ethyl adjacent to an activating group) is 1. The lowest BCUT2D eigenvalue weighted by Gasteiger charge is -2.13. The summed E-state index contributed by atoms with van der Waals surface area (Å²) in [6, 6.07) is 3.89. The van der Waals surface area contributed by atoms with Crippen molar-refractivity contribution in [2.75, 3.05) is 27.2 Å². The van der Waals surface area contributed by atoms with Crippen molar-refractivity contribution in [2.24, 2.45) is 0 Å². The third kappa shape index (κ3) is 4.13. The van der Waals surface area contributed by atoms with E-state index in [0.717, 1.165) is 27.7 Å². The molecule has 94 valence electrons. The minimum Gasteiger partial charge on any atom is -0.351 e. The molecule has 0 aliphatic heterocycles. The highest BCUT2D eigenvalue weighted by Crippen LogP contribution is 2.20. The molecule has 0 aliphatic carbocycles. The number of amides is 1. The molecule has 1 aromatic carbocycles. The van der Waals surface area contributed by atoms with Crippen LogP contribution in [-0.4, -0.2) is 38.0 Å². The maximum atomic E-state index is 12.0. The lowest BCUT2D eigenvalue weighted by Crippen LogP contribution is -2.31. The third-order valence-electron chi connectivity index (χ3n) is 2.72. The van der Waals surface area contributed by atoms with Crippen molar-refractivity contribution < 1.29 is 4.79 Å². The first-order chi connectivity index (χ1) is 7.91. The van der Waals surface area contributed by atoms with Crippen molar-refractivity contribution >= 4 is 21.8 Å². The highest BCUT2D eigenvalue weighted by Gasteiger charge is 2.11. The molecule has 0 atom stereocenters. The first-order valence-corrected chi connectivity index (χ1v) is 6.41. The van der Waals surface area contributed by atoms with Crippen molar-refractivity contribution in [1.29, 1.82) is 0 Å². The fourth-order valence-electron chi connectivity index (χ4n) is 1.54. The van der Waals surface area contributed by atoms with Crippen LogP contribution in [-0.2, 0) is 0 Å². The van der Waals surface area contributed by atoms with Crippen LogP contribution in [0.3, 0.4) is 0 Å². The van der Waals surface area contributed by atoms with Crippen molar-refractivity contribution in [3.63, 3.8) is 0 Å². The third-order valence-corrected chi connectivity index (χ3v) is 3.18. The summed E-state index contributed by atoms with van der Waals surface area (Å²) in [5, 5.41) is 2.92. The Balaban J connectivity index is 2.75. The van der Waals surface area contributed by atoms with Gasteiger partial charge >= 0.3 is 0 Å². The van der Waals surface area contributed by atoms with E-state index in [1.807, 2.05) is 45.0 Å². The number of nitrogens with one attached hydrogen (secondary N) is 1. The van der Waals surface area contributed by atoms with E-state index in [2.05, 4.69) is 21.2 Å². The van der Waals surface area contributed by atoms with Crippen molar-refractivity contribution in [2.45, 2.75) is 13.8 Å². The normalized spacial score (nSPS) is 10.7. The maximum absolute atomic E-state index is 12.0. The zero-order valence-electron chi connectivity index (χ0n) is 10.8. The summed E-state index contributed by atoms with van der Waals surface area (Å²) in [7, 11) is 3.97. The lowest BCUT2D eigenvalue weighted by atomic mass is 10.0. The summed E-state index contributed by atoms with van der Waals surface area (Å²) >= 11 is 3.42. The molecule has 1 N–H and O–H groups in total. The molecule has 0 bridgehead atoms. The van der Waals surface area contributed by atoms with E-state index in [1.54, 1.807) is 0 Å². The minimum atomic E-state index is -0.00579. The second kappa shape index (κ2) is 6.17. The zero-order chi connectivity index (χ0) is 13.0. The Morgan fingerprint density at radius 2 is 2.00 bits per heavy atom. The predicted octanol–water partition coefficient (Wildman–Crippen LogP) is 2.36. The van der Waals surface area contributed by atoms with E-state index >= 15 is 0 Å². The van der Waals surface area contributed by atoms with Gasteiger partial charge in [-0.05, 0) is 51.2 Å². The van der Waals surface area contributed by atoms with Crippen LogP contribution in [0.25, 0.3) is 0 Å². The highest BCUT2D eigenvalue weighted by atomic mass is 79.9. The number of hydrogen-bond donors (Lipinski definition) is 1. The van der Waals surface area contributed by atoms with Crippen LogP contribution in [0.2, 0.25) is 0 Å². The van der Waals surface area contributed by atoms with E-state index in [-0.39, 0.29) is 5.91 Å². The van der Waals surface area contributed by atoms with Gasteiger partial charge in [0, 0.05) is 23.1 Å². The Hall–Kier alpha value is -0.870. The van der Waals surface area contributed by atoms with Crippen LogP contribution >= 0.6 is 15.9 Å². The molecule has 0 unspecified atom stereocenters. The monoisotopic (exact) mass is 298 g/mol. The SMILES string of the molecule is Cc1cc(Br)cc(C(=O)NCCN(C)C)c1C. The second-order valence-corrected chi connectivity index (χ2v) is 5.37. The maximum Gasteiger partial charge on any atom is 0.251 e. The fourth-order valence-corrected chi connectivity index (χ4v) is 2.11. The Kier molecular flexibility index (Phi) is 5.15. The Bertz CT molecular complexity index is 416. The quantitative estimate of drug-likeness (QED) is 0.925. The molecular formula is C13H19BrN2O. The van der Waals surface area contributed by atoms with Gasteiger partial charge in [0.05, 0.1) is 0 Å². The topological polar surface area (TPSA) is 32.3 Å². The van der Waals surface area contributed by atoms with Gasteiger partial charge in [-0.2, -0.15) is 0 Å². The Labute approximate surface area is 111 Å². The molecule has 1 amide bonds. The average Bonchev–Trinajstić information content (AvgIpc) is 2.22. The summed E-state index contributed by atoms with van der Waals surface area (Å²) < 4.78 is 0.943. The van der Waals surface area contributed by atoms with E-state index < -0.39 is 0 Å². The lowest BCUT2D eigenvalue weighted by molar-refractivity contribution is 0.0950. The van der Waals surface area contributed by atoms with E-state index in [9.17, 15) is 4.79 Å². The number of halogens is 1. The van der Waals surface area contributed by atoms with Gasteiger partial charge in [0.1, 0.15) is 0 Å². The van der Waals surface area contributed by atoms with E-state index in [1.165, 1.54) is 0 Å². The number of rotatable bonds is 4. The largest absolute Gasteiger partial charge is 0.351 e. The number of benzene rings is 1. The molecule has 4 heteroatoms. The molecule has 3 nitrogen and oxygen atoms in total. The number of carbonyl (C=O) groups is 1. The molecule has 0 aliphatic rings. The van der Waals surface area contributed by atoms with Crippen LogP contribution in [0.15, 0.2) is 16.6 Å². The predicted molar refractivity (Wildman–Crippen MR) is 74.5 cm³/mol. The molecular weight excluding hydrogens is 280 g/mol. The van der Waals surface area contributed by atoms with Crippen LogP contribution in [0.5, 0.6) is 0 Å². The molecule has 1 rings (SSSR count). The summed E-state index contributed by atoms with van der Waals surface area (Å²) in [5.41, 5.74) is 2.91. The molecule has 0 radical (unpaired) electrons. The standard InChI is InChI=1S/C13H19BrN2O/c1-9-7-11(14)8-12(10(9)2)13(17)15-5-6-16(3)4/h7-8H,5-6H2,1-4H3,(H,15,17). The molecule has 1 aromatic rings. The zero-order valence-corrected chi connectivity index (χ0v) is 12.4. The summed E-state index contributed by atoms with van der Waals surface area (Å²) in [5.74, 6) is -0.00579. The van der Waals surface area contributed by atoms with Crippen LogP contribution in [0.4, 0.5) is 0 Å². The van der Waals surface area contributed by atoms with Crippen molar-refractivity contribution in [3.05, 3.63) is 33.3 Å². The van der Waals surface area contributed by atoms with Gasteiger partial charge in [0.15, 0.2) is 0 Å². The molecule has 0 fully saturated rings. The first kappa shape index (κ1) is 14.2. The molecule has 0 heterocycles. The molecule has 0 spiro atoms. The van der Waals surface area contributed by atoms with Gasteiger partial charge in [-0.3, -0.25) is 4.79 Å². The average molecular weight is 299 g/mol. The van der Waals surface area contributed by atoms with Gasteiger partial charge in [-0.25, -0.2) is 0 Å². The number of aryl methyl sites for hydroxylation is 1. The van der Waals surface area contributed by atoms with Gasteiger partial charge in [-0.15, -0.1) is 0 Å². The summed E-state index contributed by atoms with van der Waals surface area (Å²) in [6.45, 7) is 5.49. The van der Waals surface area contributed by atoms with Gasteiger partial charge in [0.25, 0.3) is 5.91 Å². The molecule has 0 saturated carbocycles. The van der Waals surface area contributed by atoms with E-state index in [0.29, 0.717) is 6.54 Å². The van der Waals surface area contributed by atoms with E-state index in [4.69, 9.17) is 0 Å². The Morgan fingerprint density at radius 3 is 2.59 bits per heavy atom. The molecule has 17 heavy (non-hydrogen) atoms. The fraction of sp³-hybridized carbons (Fsp3) is 0.462. The first-order valence-electron chi connectivity index (χ1n) is 5.61. The smallest absolute Gasteiger partial charge is 0.251 e. The van der Waals surface area contributed by atoms with Crippen LogP contribution in [0, 0.1) is 13.8 Å². The number of hydrogen-bond acceptors (Lipinski definition) is 2. The highest BCUT2D eigenvalue weighted by molar-refractivity contribution is 9.10.